The van der Waals surface area contributed by atoms with Crippen LogP contribution in [0.2, 0.25) is 0 Å². The maximum Gasteiger partial charge on any atom is 0.342 e. The molecule has 0 aliphatic rings. The largest absolute Gasteiger partial charge is 0.493 e. The minimum atomic E-state index is -0.475. The summed E-state index contributed by atoms with van der Waals surface area (Å²) in [5.41, 5.74) is 1.52. The molecular weight excluding hydrogens is 308 g/mol. The Balaban J connectivity index is 1.89. The summed E-state index contributed by atoms with van der Waals surface area (Å²) in [4.78, 5) is 12.2. The van der Waals surface area contributed by atoms with E-state index in [4.69, 9.17) is 18.9 Å². The standard InChI is InChI=1S/C19H22O5/c1-4-14-7-5-8-15(13-14)23-11-12-24-19(20)16-9-6-10-17(21-2)18(16)22-3/h5-10,13H,4,11-12H2,1-3H3. The third-order valence-corrected chi connectivity index (χ3v) is 3.51. The molecule has 0 aliphatic heterocycles. The average molecular weight is 330 g/mol. The van der Waals surface area contributed by atoms with Crippen molar-refractivity contribution >= 4 is 5.97 Å². The van der Waals surface area contributed by atoms with Crippen LogP contribution in [0, 0.1) is 0 Å². The molecule has 5 nitrogen and oxygen atoms in total. The van der Waals surface area contributed by atoms with Gasteiger partial charge in [0.2, 0.25) is 0 Å². The van der Waals surface area contributed by atoms with Crippen LogP contribution in [-0.2, 0) is 11.2 Å². The van der Waals surface area contributed by atoms with Crippen molar-refractivity contribution < 1.29 is 23.7 Å². The minimum Gasteiger partial charge on any atom is -0.493 e. The highest BCUT2D eigenvalue weighted by Gasteiger charge is 2.17. The van der Waals surface area contributed by atoms with Crippen LogP contribution in [0.1, 0.15) is 22.8 Å². The molecular formula is C19H22O5. The van der Waals surface area contributed by atoms with Gasteiger partial charge in [-0.2, -0.15) is 0 Å². The number of carbonyl (C=O) groups is 1. The fourth-order valence-electron chi connectivity index (χ4n) is 2.27. The van der Waals surface area contributed by atoms with E-state index in [1.165, 1.54) is 19.8 Å². The summed E-state index contributed by atoms with van der Waals surface area (Å²) in [6.45, 7) is 2.52. The van der Waals surface area contributed by atoms with Crippen molar-refractivity contribution in [1.29, 1.82) is 0 Å². The number of aryl methyl sites for hydroxylation is 1. The lowest BCUT2D eigenvalue weighted by Gasteiger charge is -2.12. The molecule has 128 valence electrons. The summed E-state index contributed by atoms with van der Waals surface area (Å²) >= 11 is 0. The predicted molar refractivity (Wildman–Crippen MR) is 91.1 cm³/mol. The van der Waals surface area contributed by atoms with E-state index in [0.29, 0.717) is 17.1 Å². The van der Waals surface area contributed by atoms with E-state index in [-0.39, 0.29) is 13.2 Å². The molecule has 0 aromatic heterocycles. The van der Waals surface area contributed by atoms with Gasteiger partial charge in [0, 0.05) is 0 Å². The van der Waals surface area contributed by atoms with Gasteiger partial charge in [0.25, 0.3) is 0 Å². The molecule has 2 rings (SSSR count). The van der Waals surface area contributed by atoms with E-state index in [0.717, 1.165) is 12.2 Å². The molecule has 5 heteroatoms. The number of hydrogen-bond acceptors (Lipinski definition) is 5. The fourth-order valence-corrected chi connectivity index (χ4v) is 2.27. The molecule has 2 aromatic rings. The average Bonchev–Trinajstić information content (AvgIpc) is 2.64. The number of rotatable bonds is 8. The fraction of sp³-hybridized carbons (Fsp3) is 0.316. The lowest BCUT2D eigenvalue weighted by atomic mass is 10.2. The topological polar surface area (TPSA) is 54.0 Å². The molecule has 0 saturated heterocycles. The minimum absolute atomic E-state index is 0.148. The SMILES string of the molecule is CCc1cccc(OCCOC(=O)c2cccc(OC)c2OC)c1. The zero-order chi connectivity index (χ0) is 17.4. The number of methoxy groups -OCH3 is 2. The van der Waals surface area contributed by atoms with Gasteiger partial charge in [-0.15, -0.1) is 0 Å². The molecule has 0 N–H and O–H groups in total. The molecule has 0 unspecified atom stereocenters. The van der Waals surface area contributed by atoms with Crippen molar-refractivity contribution in [2.45, 2.75) is 13.3 Å². The number of ether oxygens (including phenoxy) is 4. The molecule has 0 saturated carbocycles. The second-order valence-corrected chi connectivity index (χ2v) is 5.03. The Morgan fingerprint density at radius 2 is 1.79 bits per heavy atom. The van der Waals surface area contributed by atoms with Gasteiger partial charge in [-0.25, -0.2) is 4.79 Å². The van der Waals surface area contributed by atoms with Gasteiger partial charge in [-0.3, -0.25) is 0 Å². The molecule has 0 radical (unpaired) electrons. The second-order valence-electron chi connectivity index (χ2n) is 5.03. The first kappa shape index (κ1) is 17.7. The maximum atomic E-state index is 12.2. The Labute approximate surface area is 142 Å². The first-order valence-electron chi connectivity index (χ1n) is 7.79. The van der Waals surface area contributed by atoms with E-state index in [1.807, 2.05) is 24.3 Å². The Bertz CT molecular complexity index is 681. The van der Waals surface area contributed by atoms with Crippen LogP contribution >= 0.6 is 0 Å². The van der Waals surface area contributed by atoms with Crippen LogP contribution in [0.5, 0.6) is 17.2 Å². The first-order valence-corrected chi connectivity index (χ1v) is 7.79. The second kappa shape index (κ2) is 8.82. The predicted octanol–water partition coefficient (Wildman–Crippen LogP) is 3.50. The highest BCUT2D eigenvalue weighted by molar-refractivity contribution is 5.93. The van der Waals surface area contributed by atoms with Gasteiger partial charge in [0.15, 0.2) is 11.5 Å². The number of hydrogen-bond donors (Lipinski definition) is 0. The van der Waals surface area contributed by atoms with Crippen LogP contribution in [0.25, 0.3) is 0 Å². The van der Waals surface area contributed by atoms with E-state index in [9.17, 15) is 4.79 Å². The van der Waals surface area contributed by atoms with E-state index in [2.05, 4.69) is 6.92 Å². The lowest BCUT2D eigenvalue weighted by molar-refractivity contribution is 0.0446. The van der Waals surface area contributed by atoms with Crippen molar-refractivity contribution in [1.82, 2.24) is 0 Å². The van der Waals surface area contributed by atoms with Crippen LogP contribution < -0.4 is 14.2 Å². The Morgan fingerprint density at radius 1 is 1.00 bits per heavy atom. The number of benzene rings is 2. The Morgan fingerprint density at radius 3 is 2.50 bits per heavy atom. The summed E-state index contributed by atoms with van der Waals surface area (Å²) < 4.78 is 21.3. The molecule has 0 spiro atoms. The quantitative estimate of drug-likeness (QED) is 0.548. The number of esters is 1. The van der Waals surface area contributed by atoms with E-state index in [1.54, 1.807) is 18.2 Å². The zero-order valence-corrected chi connectivity index (χ0v) is 14.2. The molecule has 0 aliphatic carbocycles. The summed E-state index contributed by atoms with van der Waals surface area (Å²) in [7, 11) is 3.00. The van der Waals surface area contributed by atoms with Crippen molar-refractivity contribution in [2.75, 3.05) is 27.4 Å². The molecule has 0 heterocycles. The van der Waals surface area contributed by atoms with Gasteiger partial charge >= 0.3 is 5.97 Å². The first-order chi connectivity index (χ1) is 11.7. The van der Waals surface area contributed by atoms with Crippen LogP contribution in [0.4, 0.5) is 0 Å². The normalized spacial score (nSPS) is 10.1. The molecule has 2 aromatic carbocycles. The summed E-state index contributed by atoms with van der Waals surface area (Å²) in [6, 6.07) is 12.9. The summed E-state index contributed by atoms with van der Waals surface area (Å²) in [6.07, 6.45) is 0.946. The number of carbonyl (C=O) groups excluding carboxylic acids is 1. The third-order valence-electron chi connectivity index (χ3n) is 3.51. The maximum absolute atomic E-state index is 12.2. The van der Waals surface area contributed by atoms with Crippen LogP contribution in [0.3, 0.4) is 0 Å². The van der Waals surface area contributed by atoms with Crippen LogP contribution in [-0.4, -0.2) is 33.4 Å². The van der Waals surface area contributed by atoms with Gasteiger partial charge < -0.3 is 18.9 Å². The Kier molecular flexibility index (Phi) is 6.49. The summed E-state index contributed by atoms with van der Waals surface area (Å²) in [5, 5.41) is 0. The van der Waals surface area contributed by atoms with E-state index >= 15 is 0 Å². The third kappa shape index (κ3) is 4.41. The highest BCUT2D eigenvalue weighted by atomic mass is 16.6. The smallest absolute Gasteiger partial charge is 0.342 e. The number of para-hydroxylation sites is 1. The monoisotopic (exact) mass is 330 g/mol. The van der Waals surface area contributed by atoms with Crippen molar-refractivity contribution in [3.8, 4) is 17.2 Å². The highest BCUT2D eigenvalue weighted by Crippen LogP contribution is 2.31. The molecule has 0 bridgehead atoms. The van der Waals surface area contributed by atoms with E-state index < -0.39 is 5.97 Å². The Hall–Kier alpha value is -2.69. The van der Waals surface area contributed by atoms with Crippen molar-refractivity contribution in [2.24, 2.45) is 0 Å². The van der Waals surface area contributed by atoms with Gasteiger partial charge in [-0.05, 0) is 36.2 Å². The summed E-state index contributed by atoms with van der Waals surface area (Å²) in [5.74, 6) is 1.14. The van der Waals surface area contributed by atoms with Gasteiger partial charge in [0.05, 0.1) is 14.2 Å². The molecule has 24 heavy (non-hydrogen) atoms. The van der Waals surface area contributed by atoms with Gasteiger partial charge in [-0.1, -0.05) is 25.1 Å². The van der Waals surface area contributed by atoms with Crippen molar-refractivity contribution in [3.05, 3.63) is 53.6 Å². The van der Waals surface area contributed by atoms with Gasteiger partial charge in [0.1, 0.15) is 24.5 Å². The van der Waals surface area contributed by atoms with Crippen molar-refractivity contribution in [3.63, 3.8) is 0 Å². The molecule has 0 atom stereocenters. The van der Waals surface area contributed by atoms with Crippen LogP contribution in [0.15, 0.2) is 42.5 Å². The lowest BCUT2D eigenvalue weighted by Crippen LogP contribution is -2.13. The molecule has 0 amide bonds. The zero-order valence-electron chi connectivity index (χ0n) is 14.2. The molecule has 0 fully saturated rings.